The molecule has 0 spiro atoms. The molecule has 2 heterocycles. The number of nitrogens with zero attached hydrogens (tertiary/aromatic N) is 4. The predicted molar refractivity (Wildman–Crippen MR) is 69.2 cm³/mol. The van der Waals surface area contributed by atoms with Gasteiger partial charge >= 0.3 is 5.97 Å². The largest absolute Gasteiger partial charge is 0.464 e. The van der Waals surface area contributed by atoms with E-state index in [0.29, 0.717) is 11.0 Å². The Balaban J connectivity index is 0.000000200. The fourth-order valence-electron chi connectivity index (χ4n) is 0.936. The van der Waals surface area contributed by atoms with Gasteiger partial charge in [0.1, 0.15) is 29.4 Å². The molecule has 0 amide bonds. The lowest BCUT2D eigenvalue weighted by atomic mass is 10.4. The molecule has 0 bridgehead atoms. The molecule has 0 saturated carbocycles. The molecular formula is C10H11ClN6O2. The highest BCUT2D eigenvalue weighted by atomic mass is 35.5. The Labute approximate surface area is 113 Å². The summed E-state index contributed by atoms with van der Waals surface area (Å²) in [5.41, 5.74) is 10.7. The van der Waals surface area contributed by atoms with E-state index in [-0.39, 0.29) is 11.5 Å². The van der Waals surface area contributed by atoms with Crippen LogP contribution in [0, 0.1) is 0 Å². The van der Waals surface area contributed by atoms with Crippen LogP contribution in [0.15, 0.2) is 24.8 Å². The fourth-order valence-corrected chi connectivity index (χ4v) is 1.09. The summed E-state index contributed by atoms with van der Waals surface area (Å²) in [5.74, 6) is 0.129. The number of hydrogen-bond acceptors (Lipinski definition) is 8. The Kier molecular flexibility index (Phi) is 5.42. The minimum absolute atomic E-state index is 0.167. The van der Waals surface area contributed by atoms with Gasteiger partial charge in [-0.15, -0.1) is 0 Å². The number of carbonyl (C=O) groups is 1. The molecular weight excluding hydrogens is 272 g/mol. The number of esters is 1. The topological polar surface area (TPSA) is 130 Å². The highest BCUT2D eigenvalue weighted by Crippen LogP contribution is 2.03. The van der Waals surface area contributed by atoms with E-state index >= 15 is 0 Å². The summed E-state index contributed by atoms with van der Waals surface area (Å²) in [4.78, 5) is 25.3. The van der Waals surface area contributed by atoms with Gasteiger partial charge in [0, 0.05) is 12.1 Å². The maximum Gasteiger partial charge on any atom is 0.356 e. The normalized spacial score (nSPS) is 9.16. The van der Waals surface area contributed by atoms with E-state index in [0.717, 1.165) is 0 Å². The molecule has 19 heavy (non-hydrogen) atoms. The van der Waals surface area contributed by atoms with Crippen molar-refractivity contribution in [1.82, 2.24) is 19.9 Å². The molecule has 0 atom stereocenters. The first-order valence-corrected chi connectivity index (χ1v) is 5.29. The van der Waals surface area contributed by atoms with Gasteiger partial charge in [-0.3, -0.25) is 0 Å². The van der Waals surface area contributed by atoms with Crippen LogP contribution in [0.25, 0.3) is 0 Å². The van der Waals surface area contributed by atoms with E-state index in [1.807, 2.05) is 0 Å². The number of halogens is 1. The zero-order chi connectivity index (χ0) is 14.3. The third-order valence-electron chi connectivity index (χ3n) is 1.74. The maximum atomic E-state index is 10.8. The van der Waals surface area contributed by atoms with Crippen LogP contribution in [0.5, 0.6) is 0 Å². The van der Waals surface area contributed by atoms with Gasteiger partial charge in [-0.05, 0) is 0 Å². The Morgan fingerprint density at radius 3 is 2.11 bits per heavy atom. The summed E-state index contributed by atoms with van der Waals surface area (Å²) in [5, 5.41) is 0.373. The number of anilines is 2. The van der Waals surface area contributed by atoms with Gasteiger partial charge in [0.25, 0.3) is 0 Å². The quantitative estimate of drug-likeness (QED) is 0.573. The van der Waals surface area contributed by atoms with Crippen molar-refractivity contribution in [3.8, 4) is 0 Å². The first-order chi connectivity index (χ1) is 9.02. The molecule has 2 aromatic rings. The third-order valence-corrected chi connectivity index (χ3v) is 1.94. The minimum atomic E-state index is -0.515. The van der Waals surface area contributed by atoms with Gasteiger partial charge in [0.05, 0.1) is 7.11 Å². The molecule has 2 aromatic heterocycles. The van der Waals surface area contributed by atoms with Crippen molar-refractivity contribution >= 4 is 29.2 Å². The number of nitrogens with two attached hydrogens (primary N) is 2. The fraction of sp³-hybridized carbons (Fsp3) is 0.100. The van der Waals surface area contributed by atoms with Crippen LogP contribution in [0.3, 0.4) is 0 Å². The summed E-state index contributed by atoms with van der Waals surface area (Å²) in [6, 6.07) is 2.84. The summed E-state index contributed by atoms with van der Waals surface area (Å²) in [7, 11) is 1.28. The van der Waals surface area contributed by atoms with Crippen molar-refractivity contribution in [2.45, 2.75) is 0 Å². The standard InChI is InChI=1S/C6H7N3O2.C4H4ClN3/c1-11-6(10)4-2-5(7)9-3-8-4;5-3-1-4(6)8-2-7-3/h2-3H,1H3,(H2,7,8,9);1-2H,(H2,6,7,8). The van der Waals surface area contributed by atoms with E-state index in [9.17, 15) is 4.79 Å². The van der Waals surface area contributed by atoms with Gasteiger partial charge < -0.3 is 16.2 Å². The Morgan fingerprint density at radius 1 is 1.11 bits per heavy atom. The SMILES string of the molecule is COC(=O)c1cc(N)ncn1.Nc1cc(Cl)ncn1. The smallest absolute Gasteiger partial charge is 0.356 e. The van der Waals surface area contributed by atoms with Crippen LogP contribution in [0.2, 0.25) is 5.15 Å². The zero-order valence-corrected chi connectivity index (χ0v) is 10.7. The van der Waals surface area contributed by atoms with E-state index in [4.69, 9.17) is 23.1 Å². The van der Waals surface area contributed by atoms with Gasteiger partial charge in [0.2, 0.25) is 0 Å². The van der Waals surface area contributed by atoms with Crippen molar-refractivity contribution in [2.75, 3.05) is 18.6 Å². The zero-order valence-electron chi connectivity index (χ0n) is 9.95. The van der Waals surface area contributed by atoms with Crippen LogP contribution in [-0.2, 0) is 4.74 Å². The van der Waals surface area contributed by atoms with Gasteiger partial charge in [-0.2, -0.15) is 0 Å². The molecule has 0 fully saturated rings. The minimum Gasteiger partial charge on any atom is -0.464 e. The van der Waals surface area contributed by atoms with Crippen LogP contribution >= 0.6 is 11.6 Å². The number of aromatic nitrogens is 4. The third kappa shape index (κ3) is 5.13. The molecule has 0 radical (unpaired) electrons. The van der Waals surface area contributed by atoms with E-state index < -0.39 is 5.97 Å². The first kappa shape index (κ1) is 14.6. The summed E-state index contributed by atoms with van der Waals surface area (Å²) in [6.45, 7) is 0. The molecule has 100 valence electrons. The Morgan fingerprint density at radius 2 is 1.68 bits per heavy atom. The van der Waals surface area contributed by atoms with Crippen molar-refractivity contribution < 1.29 is 9.53 Å². The second kappa shape index (κ2) is 7.07. The van der Waals surface area contributed by atoms with Gasteiger partial charge in [-0.1, -0.05) is 11.6 Å². The molecule has 0 aromatic carbocycles. The predicted octanol–water partition coefficient (Wildman–Crippen LogP) is 0.558. The monoisotopic (exact) mass is 282 g/mol. The Hall–Kier alpha value is -2.48. The van der Waals surface area contributed by atoms with Crippen molar-refractivity contribution in [3.63, 3.8) is 0 Å². The number of carbonyl (C=O) groups excluding carboxylic acids is 1. The highest BCUT2D eigenvalue weighted by molar-refractivity contribution is 6.29. The number of methoxy groups -OCH3 is 1. The number of rotatable bonds is 1. The number of hydrogen-bond donors (Lipinski definition) is 2. The molecule has 2 rings (SSSR count). The van der Waals surface area contributed by atoms with Crippen LogP contribution in [-0.4, -0.2) is 33.0 Å². The van der Waals surface area contributed by atoms with Crippen LogP contribution in [0.1, 0.15) is 10.5 Å². The Bertz CT molecular complexity index is 548. The second-order valence-electron chi connectivity index (χ2n) is 3.09. The maximum absolute atomic E-state index is 10.8. The molecule has 0 aliphatic rings. The molecule has 0 saturated heterocycles. The molecule has 4 N–H and O–H groups in total. The lowest BCUT2D eigenvalue weighted by Gasteiger charge is -1.96. The first-order valence-electron chi connectivity index (χ1n) is 4.91. The van der Waals surface area contributed by atoms with Gasteiger partial charge in [-0.25, -0.2) is 24.7 Å². The number of ether oxygens (including phenoxy) is 1. The average molecular weight is 283 g/mol. The van der Waals surface area contributed by atoms with E-state index in [1.165, 1.54) is 31.9 Å². The number of nitrogen functional groups attached to an aromatic ring is 2. The van der Waals surface area contributed by atoms with E-state index in [2.05, 4.69) is 24.7 Å². The molecule has 0 aliphatic heterocycles. The van der Waals surface area contributed by atoms with Crippen molar-refractivity contribution in [1.29, 1.82) is 0 Å². The second-order valence-corrected chi connectivity index (χ2v) is 3.47. The molecule has 8 nitrogen and oxygen atoms in total. The highest BCUT2D eigenvalue weighted by Gasteiger charge is 2.05. The average Bonchev–Trinajstić information content (AvgIpc) is 2.38. The van der Waals surface area contributed by atoms with Crippen LogP contribution < -0.4 is 11.5 Å². The molecule has 9 heteroatoms. The summed E-state index contributed by atoms with van der Waals surface area (Å²) >= 11 is 5.41. The molecule has 0 aliphatic carbocycles. The van der Waals surface area contributed by atoms with E-state index in [1.54, 1.807) is 0 Å². The van der Waals surface area contributed by atoms with Crippen molar-refractivity contribution in [3.05, 3.63) is 35.6 Å². The van der Waals surface area contributed by atoms with Crippen molar-refractivity contribution in [2.24, 2.45) is 0 Å². The lowest BCUT2D eigenvalue weighted by molar-refractivity contribution is 0.0594. The van der Waals surface area contributed by atoms with Crippen LogP contribution in [0.4, 0.5) is 11.6 Å². The van der Waals surface area contributed by atoms with Gasteiger partial charge in [0.15, 0.2) is 5.69 Å². The summed E-state index contributed by atoms with van der Waals surface area (Å²) < 4.78 is 4.41. The molecule has 0 unspecified atom stereocenters. The lowest BCUT2D eigenvalue weighted by Crippen LogP contribution is -2.05. The summed E-state index contributed by atoms with van der Waals surface area (Å²) in [6.07, 6.45) is 2.53.